The van der Waals surface area contributed by atoms with E-state index in [4.69, 9.17) is 16.6 Å². The van der Waals surface area contributed by atoms with Crippen LogP contribution in [0.4, 0.5) is 0 Å². The molecule has 0 bridgehead atoms. The predicted molar refractivity (Wildman–Crippen MR) is 130 cm³/mol. The van der Waals surface area contributed by atoms with Gasteiger partial charge < -0.3 is 5.32 Å². The maximum absolute atomic E-state index is 13.1. The monoisotopic (exact) mass is 447 g/mol. The van der Waals surface area contributed by atoms with Crippen LogP contribution in [0, 0.1) is 13.8 Å². The van der Waals surface area contributed by atoms with Crippen LogP contribution in [-0.2, 0) is 13.1 Å². The van der Waals surface area contributed by atoms with Crippen LogP contribution < -0.4 is 5.32 Å². The van der Waals surface area contributed by atoms with Gasteiger partial charge in [-0.25, -0.2) is 0 Å². The van der Waals surface area contributed by atoms with E-state index in [0.29, 0.717) is 18.0 Å². The first-order valence-corrected chi connectivity index (χ1v) is 11.6. The Morgan fingerprint density at radius 1 is 1.06 bits per heavy atom. The van der Waals surface area contributed by atoms with Crippen molar-refractivity contribution in [2.75, 3.05) is 13.1 Å². The highest BCUT2D eigenvalue weighted by atomic mass is 35.5. The number of aryl methyl sites for hydroxylation is 2. The average molecular weight is 448 g/mol. The van der Waals surface area contributed by atoms with Gasteiger partial charge >= 0.3 is 0 Å². The van der Waals surface area contributed by atoms with E-state index in [2.05, 4.69) is 35.3 Å². The summed E-state index contributed by atoms with van der Waals surface area (Å²) in [5.41, 5.74) is 6.16. The molecule has 1 amide bonds. The summed E-state index contributed by atoms with van der Waals surface area (Å²) in [4.78, 5) is 20.3. The normalized spacial score (nSPS) is 15.0. The number of likely N-dealkylation sites (tertiary alicyclic amines) is 1. The van der Waals surface area contributed by atoms with Gasteiger partial charge in [0.2, 0.25) is 0 Å². The summed E-state index contributed by atoms with van der Waals surface area (Å²) in [6.45, 7) is 7.45. The largest absolute Gasteiger partial charge is 0.348 e. The fraction of sp³-hybridized carbons (Fsp3) is 0.333. The highest BCUT2D eigenvalue weighted by molar-refractivity contribution is 6.30. The molecule has 4 rings (SSSR count). The summed E-state index contributed by atoms with van der Waals surface area (Å²) in [6.07, 6.45) is 1.99. The number of benzene rings is 2. The van der Waals surface area contributed by atoms with Crippen molar-refractivity contribution in [1.82, 2.24) is 15.2 Å². The standard InChI is InChI=1S/C27H30ClN3O/c1-19-6-3-4-8-23(19)17-29-27(32)25-11-10-20(2)30-26(25)22-12-14-31(15-13-22)18-21-7-5-9-24(28)16-21/h3-11,16,22H,12-15,17-18H2,1-2H3,(H,29,32). The Balaban J connectivity index is 1.42. The predicted octanol–water partition coefficient (Wildman–Crippen LogP) is 5.66. The van der Waals surface area contributed by atoms with Crippen LogP contribution in [0.25, 0.3) is 0 Å². The number of pyridine rings is 1. The zero-order chi connectivity index (χ0) is 22.5. The van der Waals surface area contributed by atoms with Crippen molar-refractivity contribution in [2.24, 2.45) is 0 Å². The molecule has 4 nitrogen and oxygen atoms in total. The summed E-state index contributed by atoms with van der Waals surface area (Å²) >= 11 is 6.14. The van der Waals surface area contributed by atoms with E-state index in [1.165, 1.54) is 11.1 Å². The van der Waals surface area contributed by atoms with E-state index in [9.17, 15) is 4.79 Å². The fourth-order valence-corrected chi connectivity index (χ4v) is 4.63. The quantitative estimate of drug-likeness (QED) is 0.530. The number of hydrogen-bond donors (Lipinski definition) is 1. The molecule has 0 unspecified atom stereocenters. The number of hydrogen-bond acceptors (Lipinski definition) is 3. The lowest BCUT2D eigenvalue weighted by atomic mass is 9.89. The number of aromatic nitrogens is 1. The molecule has 1 aromatic heterocycles. The molecule has 2 aromatic carbocycles. The number of piperidine rings is 1. The molecule has 0 atom stereocenters. The molecule has 3 aromatic rings. The third kappa shape index (κ3) is 5.56. The van der Waals surface area contributed by atoms with Crippen molar-refractivity contribution in [3.63, 3.8) is 0 Å². The molecule has 1 aliphatic rings. The molecule has 0 spiro atoms. The number of rotatable bonds is 6. The molecule has 0 radical (unpaired) electrons. The van der Waals surface area contributed by atoms with Gasteiger partial charge in [-0.3, -0.25) is 14.7 Å². The molecule has 166 valence electrons. The molecule has 1 fully saturated rings. The summed E-state index contributed by atoms with van der Waals surface area (Å²) < 4.78 is 0. The minimum Gasteiger partial charge on any atom is -0.348 e. The summed E-state index contributed by atoms with van der Waals surface area (Å²) in [5.74, 6) is 0.252. The molecule has 5 heteroatoms. The molecular weight excluding hydrogens is 418 g/mol. The zero-order valence-electron chi connectivity index (χ0n) is 18.8. The summed E-state index contributed by atoms with van der Waals surface area (Å²) in [5, 5.41) is 3.88. The van der Waals surface area contributed by atoms with Crippen molar-refractivity contribution in [3.05, 3.63) is 99.3 Å². The second-order valence-electron chi connectivity index (χ2n) is 8.67. The first kappa shape index (κ1) is 22.5. The van der Waals surface area contributed by atoms with Gasteiger partial charge in [0.25, 0.3) is 5.91 Å². The van der Waals surface area contributed by atoms with Gasteiger partial charge in [-0.2, -0.15) is 0 Å². The highest BCUT2D eigenvalue weighted by Crippen LogP contribution is 2.30. The van der Waals surface area contributed by atoms with Crippen LogP contribution in [0.2, 0.25) is 5.02 Å². The van der Waals surface area contributed by atoms with Crippen LogP contribution in [-0.4, -0.2) is 28.9 Å². The lowest BCUT2D eigenvalue weighted by Gasteiger charge is -2.32. The van der Waals surface area contributed by atoms with Crippen molar-refractivity contribution in [2.45, 2.75) is 45.7 Å². The number of amides is 1. The number of nitrogens with one attached hydrogen (secondary N) is 1. The molecule has 0 aliphatic carbocycles. The smallest absolute Gasteiger partial charge is 0.253 e. The molecule has 1 aliphatic heterocycles. The fourth-order valence-electron chi connectivity index (χ4n) is 4.42. The Morgan fingerprint density at radius 2 is 1.84 bits per heavy atom. The van der Waals surface area contributed by atoms with Crippen LogP contribution >= 0.6 is 11.6 Å². The van der Waals surface area contributed by atoms with Gasteiger partial charge in [0.1, 0.15) is 0 Å². The molecule has 2 heterocycles. The van der Waals surface area contributed by atoms with Crippen LogP contribution in [0.5, 0.6) is 0 Å². The number of carbonyl (C=O) groups excluding carboxylic acids is 1. The maximum Gasteiger partial charge on any atom is 0.253 e. The Hall–Kier alpha value is -2.69. The molecule has 1 N–H and O–H groups in total. The number of nitrogens with zero attached hydrogens (tertiary/aromatic N) is 2. The molecule has 1 saturated heterocycles. The van der Waals surface area contributed by atoms with E-state index in [1.807, 2.05) is 49.4 Å². The van der Waals surface area contributed by atoms with Crippen molar-refractivity contribution in [3.8, 4) is 0 Å². The first-order valence-electron chi connectivity index (χ1n) is 11.3. The van der Waals surface area contributed by atoms with E-state index >= 15 is 0 Å². The van der Waals surface area contributed by atoms with Gasteiger partial charge in [-0.05, 0) is 80.7 Å². The van der Waals surface area contributed by atoms with E-state index in [1.54, 1.807) is 0 Å². The van der Waals surface area contributed by atoms with Gasteiger partial charge in [0.05, 0.1) is 11.3 Å². The Bertz CT molecular complexity index is 1090. The number of halogens is 1. The summed E-state index contributed by atoms with van der Waals surface area (Å²) in [6, 6.07) is 20.1. The van der Waals surface area contributed by atoms with Gasteiger partial charge in [0.15, 0.2) is 0 Å². The lowest BCUT2D eigenvalue weighted by Crippen LogP contribution is -2.34. The van der Waals surface area contributed by atoms with Crippen LogP contribution in [0.15, 0.2) is 60.7 Å². The minimum absolute atomic E-state index is 0.0443. The van der Waals surface area contributed by atoms with Gasteiger partial charge in [-0.1, -0.05) is 48.0 Å². The van der Waals surface area contributed by atoms with Crippen LogP contribution in [0.1, 0.15) is 57.2 Å². The first-order chi connectivity index (χ1) is 15.5. The molecule has 0 saturated carbocycles. The third-order valence-corrected chi connectivity index (χ3v) is 6.51. The van der Waals surface area contributed by atoms with Gasteiger partial charge in [0, 0.05) is 29.7 Å². The molecular formula is C27H30ClN3O. The zero-order valence-corrected chi connectivity index (χ0v) is 19.5. The second kappa shape index (κ2) is 10.3. The van der Waals surface area contributed by atoms with Crippen molar-refractivity contribution in [1.29, 1.82) is 0 Å². The average Bonchev–Trinajstić information content (AvgIpc) is 2.79. The van der Waals surface area contributed by atoms with Gasteiger partial charge in [-0.15, -0.1) is 0 Å². The van der Waals surface area contributed by atoms with E-state index < -0.39 is 0 Å². The van der Waals surface area contributed by atoms with Crippen molar-refractivity contribution >= 4 is 17.5 Å². The maximum atomic E-state index is 13.1. The number of carbonyl (C=O) groups is 1. The lowest BCUT2D eigenvalue weighted by molar-refractivity contribution is 0.0948. The topological polar surface area (TPSA) is 45.2 Å². The van der Waals surface area contributed by atoms with E-state index in [0.717, 1.165) is 54.4 Å². The molecule has 32 heavy (non-hydrogen) atoms. The Morgan fingerprint density at radius 3 is 2.59 bits per heavy atom. The SMILES string of the molecule is Cc1ccc(C(=O)NCc2ccccc2C)c(C2CCN(Cc3cccc(Cl)c3)CC2)n1. The van der Waals surface area contributed by atoms with E-state index in [-0.39, 0.29) is 5.91 Å². The third-order valence-electron chi connectivity index (χ3n) is 6.28. The van der Waals surface area contributed by atoms with Crippen LogP contribution in [0.3, 0.4) is 0 Å². The highest BCUT2D eigenvalue weighted by Gasteiger charge is 2.26. The van der Waals surface area contributed by atoms with Crippen molar-refractivity contribution < 1.29 is 4.79 Å². The minimum atomic E-state index is -0.0443. The second-order valence-corrected chi connectivity index (χ2v) is 9.11. The summed E-state index contributed by atoms with van der Waals surface area (Å²) in [7, 11) is 0. The Kier molecular flexibility index (Phi) is 7.23. The Labute approximate surface area is 195 Å².